The van der Waals surface area contributed by atoms with E-state index in [1.807, 2.05) is 34.9 Å². The molecule has 1 aromatic heterocycles. The fourth-order valence-corrected chi connectivity index (χ4v) is 3.10. The third-order valence-corrected chi connectivity index (χ3v) is 4.65. The summed E-state index contributed by atoms with van der Waals surface area (Å²) in [5.41, 5.74) is 2.15. The minimum Gasteiger partial charge on any atom is -0.345 e. The highest BCUT2D eigenvalue weighted by Crippen LogP contribution is 2.19. The van der Waals surface area contributed by atoms with Crippen LogP contribution in [0.5, 0.6) is 0 Å². The second kappa shape index (κ2) is 8.50. The maximum atomic E-state index is 12.2. The number of carbonyl (C=O) groups is 2. The molecule has 138 valence electrons. The summed E-state index contributed by atoms with van der Waals surface area (Å²) in [7, 11) is 3.40. The van der Waals surface area contributed by atoms with Crippen molar-refractivity contribution in [3.8, 4) is 5.69 Å². The number of nitrogens with one attached hydrogen (secondary N) is 1. The summed E-state index contributed by atoms with van der Waals surface area (Å²) in [6, 6.07) is 16.5. The summed E-state index contributed by atoms with van der Waals surface area (Å²) in [5, 5.41) is 11.5. The van der Waals surface area contributed by atoms with E-state index in [1.54, 1.807) is 44.7 Å². The molecule has 0 aliphatic heterocycles. The summed E-state index contributed by atoms with van der Waals surface area (Å²) in [4.78, 5) is 25.6. The lowest BCUT2D eigenvalue weighted by atomic mass is 10.2. The van der Waals surface area contributed by atoms with Crippen molar-refractivity contribution in [1.82, 2.24) is 19.7 Å². The molecule has 2 amide bonds. The van der Waals surface area contributed by atoms with Crippen LogP contribution in [0.3, 0.4) is 0 Å². The van der Waals surface area contributed by atoms with Crippen molar-refractivity contribution in [3.63, 3.8) is 0 Å². The van der Waals surface area contributed by atoms with Crippen LogP contribution in [0.4, 0.5) is 5.69 Å². The van der Waals surface area contributed by atoms with Crippen LogP contribution in [0.1, 0.15) is 10.4 Å². The van der Waals surface area contributed by atoms with E-state index in [2.05, 4.69) is 15.5 Å². The van der Waals surface area contributed by atoms with Crippen LogP contribution >= 0.6 is 11.8 Å². The molecule has 1 heterocycles. The van der Waals surface area contributed by atoms with Gasteiger partial charge in [-0.2, -0.15) is 0 Å². The lowest BCUT2D eigenvalue weighted by Crippen LogP contribution is -2.21. The van der Waals surface area contributed by atoms with Crippen LogP contribution in [0, 0.1) is 0 Å². The highest BCUT2D eigenvalue weighted by molar-refractivity contribution is 7.99. The molecule has 0 unspecified atom stereocenters. The summed E-state index contributed by atoms with van der Waals surface area (Å²) >= 11 is 1.30. The topological polar surface area (TPSA) is 80.1 Å². The molecule has 0 radical (unpaired) electrons. The molecule has 0 bridgehead atoms. The van der Waals surface area contributed by atoms with Crippen molar-refractivity contribution >= 4 is 29.3 Å². The van der Waals surface area contributed by atoms with Crippen LogP contribution in [-0.4, -0.2) is 51.3 Å². The van der Waals surface area contributed by atoms with Crippen molar-refractivity contribution in [2.75, 3.05) is 25.2 Å². The minimum atomic E-state index is -0.158. The maximum Gasteiger partial charge on any atom is 0.253 e. The van der Waals surface area contributed by atoms with Gasteiger partial charge in [0.25, 0.3) is 5.91 Å². The third-order valence-electron chi connectivity index (χ3n) is 3.70. The molecule has 1 N–H and O–H groups in total. The number of para-hydroxylation sites is 1. The maximum absolute atomic E-state index is 12.2. The second-order valence-electron chi connectivity index (χ2n) is 5.93. The lowest BCUT2D eigenvalue weighted by molar-refractivity contribution is -0.113. The zero-order valence-electron chi connectivity index (χ0n) is 15.0. The number of nitrogens with zero attached hydrogens (tertiary/aromatic N) is 4. The Morgan fingerprint density at radius 3 is 2.44 bits per heavy atom. The van der Waals surface area contributed by atoms with E-state index in [-0.39, 0.29) is 17.6 Å². The predicted molar refractivity (Wildman–Crippen MR) is 105 cm³/mol. The van der Waals surface area contributed by atoms with Crippen LogP contribution < -0.4 is 5.32 Å². The monoisotopic (exact) mass is 381 g/mol. The Bertz CT molecular complexity index is 923. The smallest absolute Gasteiger partial charge is 0.253 e. The van der Waals surface area contributed by atoms with Crippen LogP contribution in [0.2, 0.25) is 0 Å². The van der Waals surface area contributed by atoms with Crippen molar-refractivity contribution < 1.29 is 9.59 Å². The zero-order chi connectivity index (χ0) is 19.2. The summed E-state index contributed by atoms with van der Waals surface area (Å²) < 4.78 is 1.83. The number of thioether (sulfide) groups is 1. The van der Waals surface area contributed by atoms with Crippen LogP contribution in [-0.2, 0) is 4.79 Å². The zero-order valence-corrected chi connectivity index (χ0v) is 15.8. The molecular weight excluding hydrogens is 362 g/mol. The van der Waals surface area contributed by atoms with Gasteiger partial charge < -0.3 is 10.2 Å². The molecule has 8 heteroatoms. The fraction of sp³-hybridized carbons (Fsp3) is 0.158. The van der Waals surface area contributed by atoms with E-state index < -0.39 is 0 Å². The standard InChI is InChI=1S/C19H19N5O2S/c1-23(2)18(26)14-8-10-15(11-9-14)21-17(25)12-27-19-22-20-13-24(19)16-6-4-3-5-7-16/h3-11,13H,12H2,1-2H3,(H,21,25). The van der Waals surface area contributed by atoms with Crippen molar-refractivity contribution in [3.05, 3.63) is 66.5 Å². The molecule has 0 saturated carbocycles. The van der Waals surface area contributed by atoms with E-state index >= 15 is 0 Å². The van der Waals surface area contributed by atoms with Gasteiger partial charge in [0.2, 0.25) is 5.91 Å². The predicted octanol–water partition coefficient (Wildman–Crippen LogP) is 2.70. The summed E-state index contributed by atoms with van der Waals surface area (Å²) in [6.07, 6.45) is 1.62. The number of hydrogen-bond acceptors (Lipinski definition) is 5. The Morgan fingerprint density at radius 1 is 1.07 bits per heavy atom. The Hall–Kier alpha value is -3.13. The number of amides is 2. The molecule has 3 aromatic rings. The van der Waals surface area contributed by atoms with Gasteiger partial charge in [0.15, 0.2) is 5.16 Å². The Balaban J connectivity index is 1.58. The number of benzene rings is 2. The number of rotatable bonds is 6. The molecule has 2 aromatic carbocycles. The van der Waals surface area contributed by atoms with Gasteiger partial charge in [0, 0.05) is 31.0 Å². The number of aromatic nitrogens is 3. The molecular formula is C19H19N5O2S. The Morgan fingerprint density at radius 2 is 1.78 bits per heavy atom. The van der Waals surface area contributed by atoms with Gasteiger partial charge in [-0.15, -0.1) is 10.2 Å². The van der Waals surface area contributed by atoms with Crippen LogP contribution in [0.25, 0.3) is 5.69 Å². The lowest BCUT2D eigenvalue weighted by Gasteiger charge is -2.11. The SMILES string of the molecule is CN(C)C(=O)c1ccc(NC(=O)CSc2nncn2-c2ccccc2)cc1. The van der Waals surface area contributed by atoms with Gasteiger partial charge in [-0.1, -0.05) is 30.0 Å². The molecule has 0 aliphatic rings. The first-order valence-corrected chi connectivity index (χ1v) is 9.23. The molecule has 0 spiro atoms. The molecule has 3 rings (SSSR count). The third kappa shape index (κ3) is 4.73. The van der Waals surface area contributed by atoms with Gasteiger partial charge in [-0.05, 0) is 36.4 Å². The van der Waals surface area contributed by atoms with E-state index in [0.29, 0.717) is 16.4 Å². The van der Waals surface area contributed by atoms with Gasteiger partial charge in [-0.25, -0.2) is 0 Å². The average Bonchev–Trinajstić information content (AvgIpc) is 3.15. The van der Waals surface area contributed by atoms with Crippen molar-refractivity contribution in [2.24, 2.45) is 0 Å². The Kier molecular flexibility index (Phi) is 5.87. The molecule has 7 nitrogen and oxygen atoms in total. The summed E-state index contributed by atoms with van der Waals surface area (Å²) in [5.74, 6) is -0.0397. The number of hydrogen-bond donors (Lipinski definition) is 1. The first kappa shape index (κ1) is 18.7. The van der Waals surface area contributed by atoms with Gasteiger partial charge in [0.05, 0.1) is 5.75 Å². The average molecular weight is 381 g/mol. The molecule has 27 heavy (non-hydrogen) atoms. The van der Waals surface area contributed by atoms with Gasteiger partial charge in [0.1, 0.15) is 6.33 Å². The Labute approximate surface area is 161 Å². The van der Waals surface area contributed by atoms with E-state index in [4.69, 9.17) is 0 Å². The van der Waals surface area contributed by atoms with Gasteiger partial charge >= 0.3 is 0 Å². The number of anilines is 1. The highest BCUT2D eigenvalue weighted by Gasteiger charge is 2.11. The quantitative estimate of drug-likeness (QED) is 0.664. The molecule has 0 saturated heterocycles. The largest absolute Gasteiger partial charge is 0.345 e. The second-order valence-corrected chi connectivity index (χ2v) is 6.88. The van der Waals surface area contributed by atoms with E-state index in [9.17, 15) is 9.59 Å². The first-order chi connectivity index (χ1) is 13.0. The van der Waals surface area contributed by atoms with Crippen molar-refractivity contribution in [1.29, 1.82) is 0 Å². The summed E-state index contributed by atoms with van der Waals surface area (Å²) in [6.45, 7) is 0. The van der Waals surface area contributed by atoms with E-state index in [0.717, 1.165) is 5.69 Å². The van der Waals surface area contributed by atoms with Gasteiger partial charge in [-0.3, -0.25) is 14.2 Å². The molecule has 0 fully saturated rings. The first-order valence-electron chi connectivity index (χ1n) is 8.24. The van der Waals surface area contributed by atoms with Crippen LogP contribution in [0.15, 0.2) is 66.1 Å². The number of carbonyl (C=O) groups excluding carboxylic acids is 2. The minimum absolute atomic E-state index is 0.0799. The molecule has 0 aliphatic carbocycles. The van der Waals surface area contributed by atoms with Crippen molar-refractivity contribution in [2.45, 2.75) is 5.16 Å². The normalized spacial score (nSPS) is 10.4. The van der Waals surface area contributed by atoms with E-state index in [1.165, 1.54) is 16.7 Å². The molecule has 0 atom stereocenters. The highest BCUT2D eigenvalue weighted by atomic mass is 32.2. The fourth-order valence-electron chi connectivity index (χ4n) is 2.37.